The highest BCUT2D eigenvalue weighted by molar-refractivity contribution is 7.89. The molecule has 0 amide bonds. The highest BCUT2D eigenvalue weighted by Gasteiger charge is 2.44. The number of benzene rings is 2. The molecule has 0 spiro atoms. The maximum atomic E-state index is 15.6. The molecule has 5 rings (SSSR count). The number of hydrogen-bond acceptors (Lipinski definition) is 7. The molecule has 3 heterocycles. The number of fused-ring (bicyclic) bond motifs is 1. The van der Waals surface area contributed by atoms with Crippen LogP contribution in [0.1, 0.15) is 11.8 Å². The highest BCUT2D eigenvalue weighted by atomic mass is 32.2. The van der Waals surface area contributed by atoms with E-state index in [0.717, 1.165) is 25.8 Å². The Labute approximate surface area is 195 Å². The van der Waals surface area contributed by atoms with Crippen LogP contribution in [0.4, 0.5) is 10.1 Å². The summed E-state index contributed by atoms with van der Waals surface area (Å²) in [7, 11) is -0.510. The van der Waals surface area contributed by atoms with E-state index in [-0.39, 0.29) is 16.6 Å². The van der Waals surface area contributed by atoms with Gasteiger partial charge in [-0.2, -0.15) is 0 Å². The van der Waals surface area contributed by atoms with Crippen LogP contribution in [0.15, 0.2) is 54.9 Å². The Morgan fingerprint density at radius 1 is 1.15 bits per heavy atom. The second-order valence-corrected chi connectivity index (χ2v) is 11.3. The number of sulfonamides is 1. The molecule has 3 aromatic rings. The molecule has 0 bridgehead atoms. The lowest BCUT2D eigenvalue weighted by Gasteiger charge is -2.39. The molecule has 172 valence electrons. The van der Waals surface area contributed by atoms with E-state index in [1.54, 1.807) is 19.1 Å². The largest absolute Gasteiger partial charge is 0.344 e. The Morgan fingerprint density at radius 3 is 2.52 bits per heavy atom. The minimum Gasteiger partial charge on any atom is -0.344 e. The average Bonchev–Trinajstić information content (AvgIpc) is 3.35. The van der Waals surface area contributed by atoms with Crippen molar-refractivity contribution in [2.75, 3.05) is 24.9 Å². The van der Waals surface area contributed by atoms with Gasteiger partial charge in [0, 0.05) is 36.6 Å². The molecular weight excluding hydrogens is 463 g/mol. The van der Waals surface area contributed by atoms with Gasteiger partial charge < -0.3 is 10.7 Å². The Hall–Kier alpha value is -3.15. The first kappa shape index (κ1) is 21.7. The minimum absolute atomic E-state index is 0.271. The van der Waals surface area contributed by atoms with E-state index in [1.807, 2.05) is 59.9 Å². The van der Waals surface area contributed by atoms with Gasteiger partial charge in [-0.05, 0) is 30.2 Å². The summed E-state index contributed by atoms with van der Waals surface area (Å²) < 4.78 is 42.4. The molecule has 1 fully saturated rings. The van der Waals surface area contributed by atoms with Gasteiger partial charge in [-0.3, -0.25) is 10.4 Å². The van der Waals surface area contributed by atoms with Gasteiger partial charge in [-0.1, -0.05) is 30.3 Å². The first-order valence-electron chi connectivity index (χ1n) is 10.2. The van der Waals surface area contributed by atoms with Gasteiger partial charge in [-0.15, -0.1) is 16.5 Å². The molecule has 1 aromatic heterocycles. The predicted octanol–water partition coefficient (Wildman–Crippen LogP) is 3.36. The first-order valence-corrected chi connectivity index (χ1v) is 12.6. The van der Waals surface area contributed by atoms with Crippen molar-refractivity contribution < 1.29 is 12.8 Å². The molecule has 2 aliphatic heterocycles. The summed E-state index contributed by atoms with van der Waals surface area (Å²) in [6, 6.07) is 13.4. The average molecular weight is 487 g/mol. The molecular formula is C22H23FN6O2S2. The van der Waals surface area contributed by atoms with Crippen LogP contribution in [0.2, 0.25) is 0 Å². The van der Waals surface area contributed by atoms with Gasteiger partial charge in [-0.25, -0.2) is 17.1 Å². The summed E-state index contributed by atoms with van der Waals surface area (Å²) in [5.41, 5.74) is 4.59. The topological polar surface area (TPSA) is 91.8 Å². The number of rotatable bonds is 3. The van der Waals surface area contributed by atoms with Crippen LogP contribution in [-0.2, 0) is 15.6 Å². The highest BCUT2D eigenvalue weighted by Crippen LogP contribution is 2.43. The van der Waals surface area contributed by atoms with Gasteiger partial charge in [0.2, 0.25) is 16.0 Å². The number of nitrogens with one attached hydrogen (secondary N) is 3. The third-order valence-electron chi connectivity index (χ3n) is 6.00. The number of guanidine groups is 1. The van der Waals surface area contributed by atoms with Crippen LogP contribution in [-0.4, -0.2) is 43.6 Å². The van der Waals surface area contributed by atoms with E-state index in [1.165, 1.54) is 18.4 Å². The number of halogens is 1. The zero-order valence-electron chi connectivity index (χ0n) is 18.3. The zero-order valence-corrected chi connectivity index (χ0v) is 19.9. The number of hydrazine groups is 2. The lowest BCUT2D eigenvalue weighted by Crippen LogP contribution is -2.60. The fourth-order valence-electron chi connectivity index (χ4n) is 4.20. The fraction of sp³-hybridized carbons (Fsp3) is 0.227. The van der Waals surface area contributed by atoms with Crippen LogP contribution in [0, 0.1) is 11.2 Å². The van der Waals surface area contributed by atoms with Crippen LogP contribution in [0.3, 0.4) is 0 Å². The standard InChI is InChI=1S/C22H23FN6O2S2/c1-22(13-33(30,31)27(2)21(24)26-22)20-18(23)17-6-4-5-16(19(17)32-20)14-7-9-15(10-8-14)29-12-11-25-28(29)3/h4-12,25H,13H2,1-3H3,(H2,24,26)/t22-/m0/s1. The third-order valence-corrected chi connectivity index (χ3v) is 9.43. The second-order valence-electron chi connectivity index (χ2n) is 8.32. The van der Waals surface area contributed by atoms with Crippen LogP contribution in [0.25, 0.3) is 21.2 Å². The first-order chi connectivity index (χ1) is 15.6. The van der Waals surface area contributed by atoms with Crippen molar-refractivity contribution in [3.05, 3.63) is 65.6 Å². The molecule has 2 aromatic carbocycles. The monoisotopic (exact) mass is 486 g/mol. The molecule has 11 heteroatoms. The summed E-state index contributed by atoms with van der Waals surface area (Å²) in [4.78, 5) is 0.276. The number of anilines is 1. The third kappa shape index (κ3) is 3.43. The maximum absolute atomic E-state index is 15.6. The molecule has 1 atom stereocenters. The van der Waals surface area contributed by atoms with Crippen molar-refractivity contribution in [2.45, 2.75) is 12.5 Å². The molecule has 0 aliphatic carbocycles. The molecule has 2 aliphatic rings. The Morgan fingerprint density at radius 2 is 1.88 bits per heavy atom. The Balaban J connectivity index is 1.58. The molecule has 0 unspecified atom stereocenters. The summed E-state index contributed by atoms with van der Waals surface area (Å²) >= 11 is 1.23. The van der Waals surface area contributed by atoms with Crippen molar-refractivity contribution in [1.29, 1.82) is 5.41 Å². The summed E-state index contributed by atoms with van der Waals surface area (Å²) in [6.45, 7) is 1.63. The summed E-state index contributed by atoms with van der Waals surface area (Å²) in [5, 5.41) is 15.2. The fourth-order valence-corrected chi connectivity index (χ4v) is 7.07. The Bertz CT molecular complexity index is 1400. The predicted molar refractivity (Wildman–Crippen MR) is 130 cm³/mol. The van der Waals surface area contributed by atoms with Crippen molar-refractivity contribution in [3.63, 3.8) is 0 Å². The number of nitrogens with zero attached hydrogens (tertiary/aromatic N) is 3. The summed E-state index contributed by atoms with van der Waals surface area (Å²) in [6.07, 6.45) is 3.75. The van der Waals surface area contributed by atoms with Gasteiger partial charge in [0.05, 0.1) is 21.9 Å². The molecule has 8 nitrogen and oxygen atoms in total. The van der Waals surface area contributed by atoms with Gasteiger partial charge in [0.15, 0.2) is 0 Å². The van der Waals surface area contributed by atoms with E-state index >= 15 is 4.39 Å². The van der Waals surface area contributed by atoms with Gasteiger partial charge >= 0.3 is 0 Å². The normalized spacial score (nSPS) is 22.6. The second kappa shape index (κ2) is 7.44. The number of hydrogen-bond donors (Lipinski definition) is 3. The van der Waals surface area contributed by atoms with E-state index in [0.29, 0.717) is 5.39 Å². The minimum atomic E-state index is -3.73. The maximum Gasteiger partial charge on any atom is 0.239 e. The van der Waals surface area contributed by atoms with E-state index in [4.69, 9.17) is 5.41 Å². The SMILES string of the molecule is CN1NC=CN1c1ccc(-c2cccc3c(F)c([C@]4(C)CS(=O)(=O)N(C)C(=N)N4)sc23)cc1. The molecule has 0 radical (unpaired) electrons. The van der Waals surface area contributed by atoms with Crippen LogP contribution >= 0.6 is 11.3 Å². The molecule has 1 saturated heterocycles. The van der Waals surface area contributed by atoms with Gasteiger partial charge in [0.25, 0.3) is 0 Å². The van der Waals surface area contributed by atoms with Crippen molar-refractivity contribution >= 4 is 43.1 Å². The van der Waals surface area contributed by atoms with E-state index in [2.05, 4.69) is 10.7 Å². The lowest BCUT2D eigenvalue weighted by atomic mass is 10.00. The molecule has 0 saturated carbocycles. The van der Waals surface area contributed by atoms with Crippen LogP contribution in [0.5, 0.6) is 0 Å². The zero-order chi connectivity index (χ0) is 23.5. The lowest BCUT2D eigenvalue weighted by molar-refractivity contribution is 0.302. The molecule has 33 heavy (non-hydrogen) atoms. The summed E-state index contributed by atoms with van der Waals surface area (Å²) in [5.74, 6) is -1.06. The van der Waals surface area contributed by atoms with Crippen molar-refractivity contribution in [1.82, 2.24) is 20.2 Å². The van der Waals surface area contributed by atoms with Gasteiger partial charge in [0.1, 0.15) is 5.82 Å². The molecule has 3 N–H and O–H groups in total. The smallest absolute Gasteiger partial charge is 0.239 e. The number of thiophene rings is 1. The quantitative estimate of drug-likeness (QED) is 0.526. The van der Waals surface area contributed by atoms with Crippen molar-refractivity contribution in [2.24, 2.45) is 0 Å². The van der Waals surface area contributed by atoms with E-state index < -0.39 is 21.4 Å². The Kier molecular flexibility index (Phi) is 4.89. The van der Waals surface area contributed by atoms with E-state index in [9.17, 15) is 8.42 Å². The van der Waals surface area contributed by atoms with Crippen LogP contribution < -0.4 is 15.8 Å². The van der Waals surface area contributed by atoms with Crippen molar-refractivity contribution in [3.8, 4) is 11.1 Å².